The van der Waals surface area contributed by atoms with Crippen molar-refractivity contribution < 1.29 is 23.0 Å². The van der Waals surface area contributed by atoms with Crippen molar-refractivity contribution in [2.24, 2.45) is 10.2 Å². The summed E-state index contributed by atoms with van der Waals surface area (Å²) in [4.78, 5) is 10.3. The van der Waals surface area contributed by atoms with Gasteiger partial charge >= 0.3 is 0 Å². The Bertz CT molecular complexity index is 1220. The van der Waals surface area contributed by atoms with Crippen molar-refractivity contribution in [2.45, 2.75) is 18.2 Å². The predicted molar refractivity (Wildman–Crippen MR) is 102 cm³/mol. The van der Waals surface area contributed by atoms with Crippen molar-refractivity contribution in [3.63, 3.8) is 0 Å². The maximum Gasteiger partial charge on any atom is 0.296 e. The van der Waals surface area contributed by atoms with Crippen LogP contribution in [0.25, 0.3) is 10.8 Å². The van der Waals surface area contributed by atoms with Gasteiger partial charge in [0.15, 0.2) is 5.69 Å². The Balaban J connectivity index is 2.24. The van der Waals surface area contributed by atoms with E-state index in [4.69, 9.17) is 0 Å². The first-order valence-electron chi connectivity index (χ1n) is 8.13. The van der Waals surface area contributed by atoms with Crippen LogP contribution in [-0.2, 0) is 16.5 Å². The van der Waals surface area contributed by atoms with Crippen LogP contribution in [0.5, 0.6) is 5.75 Å². The number of nitro benzene ring substituents is 1. The molecule has 0 bridgehead atoms. The molecule has 2 N–H and O–H groups in total. The van der Waals surface area contributed by atoms with Crippen LogP contribution in [0, 0.1) is 10.1 Å². The molecule has 0 spiro atoms. The number of nitro groups is 1. The molecule has 0 aliphatic heterocycles. The maximum absolute atomic E-state index is 11.7. The number of aryl methyl sites for hydroxylation is 1. The van der Waals surface area contributed by atoms with Gasteiger partial charge in [0.25, 0.3) is 15.8 Å². The number of aromatic hydroxyl groups is 1. The molecular weight excluding hydrogens is 386 g/mol. The monoisotopic (exact) mass is 401 g/mol. The first kappa shape index (κ1) is 19.4. The minimum Gasteiger partial charge on any atom is -0.506 e. The number of benzene rings is 3. The molecule has 0 radical (unpaired) electrons. The fourth-order valence-electron chi connectivity index (χ4n) is 2.76. The van der Waals surface area contributed by atoms with E-state index in [1.807, 2.05) is 6.92 Å². The Labute approximate surface area is 159 Å². The average molecular weight is 401 g/mol. The van der Waals surface area contributed by atoms with Gasteiger partial charge < -0.3 is 5.11 Å². The third-order valence-electron chi connectivity index (χ3n) is 4.14. The molecule has 0 aliphatic carbocycles. The number of phenolic OH excluding ortho intramolecular Hbond substituents is 1. The summed E-state index contributed by atoms with van der Waals surface area (Å²) in [5, 5.41) is 29.6. The number of hydrogen-bond acceptors (Lipinski definition) is 7. The van der Waals surface area contributed by atoms with Gasteiger partial charge in [0, 0.05) is 11.5 Å². The molecule has 0 saturated heterocycles. The lowest BCUT2D eigenvalue weighted by Crippen LogP contribution is -1.99. The van der Waals surface area contributed by atoms with Crippen molar-refractivity contribution in [3.8, 4) is 5.75 Å². The molecule has 0 heterocycles. The van der Waals surface area contributed by atoms with Crippen molar-refractivity contribution >= 4 is 38.0 Å². The van der Waals surface area contributed by atoms with Crippen LogP contribution >= 0.6 is 0 Å². The maximum atomic E-state index is 11.7. The molecular formula is C18H15N3O6S. The molecule has 0 saturated carbocycles. The first-order valence-corrected chi connectivity index (χ1v) is 9.57. The number of nitrogens with zero attached hydrogens (tertiary/aromatic N) is 3. The summed E-state index contributed by atoms with van der Waals surface area (Å²) < 4.78 is 32.9. The Morgan fingerprint density at radius 3 is 2.50 bits per heavy atom. The van der Waals surface area contributed by atoms with Gasteiger partial charge in [0.2, 0.25) is 0 Å². The highest BCUT2D eigenvalue weighted by atomic mass is 32.2. The van der Waals surface area contributed by atoms with Gasteiger partial charge in [-0.25, -0.2) is 0 Å². The quantitative estimate of drug-likeness (QED) is 0.275. The highest BCUT2D eigenvalue weighted by Gasteiger charge is 2.20. The Kier molecular flexibility index (Phi) is 5.08. The minimum atomic E-state index is -4.60. The van der Waals surface area contributed by atoms with Gasteiger partial charge in [-0.15, -0.1) is 10.2 Å². The summed E-state index contributed by atoms with van der Waals surface area (Å²) in [7, 11) is -4.60. The summed E-state index contributed by atoms with van der Waals surface area (Å²) in [6.07, 6.45) is 0.597. The lowest BCUT2D eigenvalue weighted by atomic mass is 10.1. The normalized spacial score (nSPS) is 11.9. The van der Waals surface area contributed by atoms with Crippen LogP contribution in [-0.4, -0.2) is 23.0 Å². The van der Waals surface area contributed by atoms with E-state index in [0.29, 0.717) is 11.8 Å². The highest BCUT2D eigenvalue weighted by Crippen LogP contribution is 2.40. The Morgan fingerprint density at radius 1 is 1.11 bits per heavy atom. The zero-order valence-corrected chi connectivity index (χ0v) is 15.4. The zero-order chi connectivity index (χ0) is 20.5. The van der Waals surface area contributed by atoms with E-state index in [-0.39, 0.29) is 28.2 Å². The molecule has 3 rings (SSSR count). The van der Waals surface area contributed by atoms with Crippen molar-refractivity contribution in [1.29, 1.82) is 0 Å². The second kappa shape index (κ2) is 7.33. The smallest absolute Gasteiger partial charge is 0.296 e. The highest BCUT2D eigenvalue weighted by molar-refractivity contribution is 7.86. The summed E-state index contributed by atoms with van der Waals surface area (Å²) in [6, 6.07) is 11.4. The third-order valence-corrected chi connectivity index (χ3v) is 5.04. The summed E-state index contributed by atoms with van der Waals surface area (Å²) in [5.41, 5.74) is 0.202. The van der Waals surface area contributed by atoms with E-state index in [9.17, 15) is 28.2 Å². The van der Waals surface area contributed by atoms with Crippen LogP contribution in [0.3, 0.4) is 0 Å². The fraction of sp³-hybridized carbons (Fsp3) is 0.111. The predicted octanol–water partition coefficient (Wildman–Crippen LogP) is 4.68. The van der Waals surface area contributed by atoms with Crippen LogP contribution in [0.1, 0.15) is 12.5 Å². The molecule has 0 amide bonds. The molecule has 28 heavy (non-hydrogen) atoms. The molecule has 0 aliphatic rings. The number of rotatable bonds is 5. The van der Waals surface area contributed by atoms with Crippen LogP contribution in [0.4, 0.5) is 17.1 Å². The SMILES string of the molecule is CCc1ccc(N=Nc2c(O)ccc3cccc(S(=O)(=O)O)c23)c([N+](=O)[O-])c1. The first-order chi connectivity index (χ1) is 13.2. The van der Waals surface area contributed by atoms with Gasteiger partial charge in [-0.1, -0.05) is 31.2 Å². The van der Waals surface area contributed by atoms with Crippen molar-refractivity contribution in [1.82, 2.24) is 0 Å². The molecule has 10 heteroatoms. The molecule has 3 aromatic rings. The lowest BCUT2D eigenvalue weighted by Gasteiger charge is -2.08. The van der Waals surface area contributed by atoms with E-state index >= 15 is 0 Å². The van der Waals surface area contributed by atoms with E-state index < -0.39 is 19.9 Å². The second-order valence-electron chi connectivity index (χ2n) is 5.90. The molecule has 0 fully saturated rings. The van der Waals surface area contributed by atoms with Gasteiger partial charge in [0.1, 0.15) is 16.3 Å². The Hall–Kier alpha value is -3.37. The largest absolute Gasteiger partial charge is 0.506 e. The van der Waals surface area contributed by atoms with E-state index in [1.54, 1.807) is 12.1 Å². The molecule has 0 unspecified atom stereocenters. The second-order valence-corrected chi connectivity index (χ2v) is 7.29. The number of azo groups is 1. The van der Waals surface area contributed by atoms with Gasteiger partial charge in [0.05, 0.1) is 4.92 Å². The summed E-state index contributed by atoms with van der Waals surface area (Å²) >= 11 is 0. The zero-order valence-electron chi connectivity index (χ0n) is 14.6. The van der Waals surface area contributed by atoms with Gasteiger partial charge in [-0.05, 0) is 35.6 Å². The number of hydrogen-bond donors (Lipinski definition) is 2. The average Bonchev–Trinajstić information content (AvgIpc) is 2.65. The molecule has 9 nitrogen and oxygen atoms in total. The molecule has 0 aromatic heterocycles. The third kappa shape index (κ3) is 3.68. The van der Waals surface area contributed by atoms with E-state index in [0.717, 1.165) is 11.6 Å². The van der Waals surface area contributed by atoms with Crippen molar-refractivity contribution in [2.75, 3.05) is 0 Å². The summed E-state index contributed by atoms with van der Waals surface area (Å²) in [6.45, 7) is 1.85. The Morgan fingerprint density at radius 2 is 1.86 bits per heavy atom. The topological polar surface area (TPSA) is 142 Å². The molecule has 3 aromatic carbocycles. The lowest BCUT2D eigenvalue weighted by molar-refractivity contribution is -0.384. The standard InChI is InChI=1S/C18H15N3O6S/c1-2-11-6-8-13(14(10-11)21(23)24)19-20-18-15(22)9-7-12-4-3-5-16(17(12)18)28(25,26)27/h3-10,22H,2H2,1H3,(H,25,26,27). The summed E-state index contributed by atoms with van der Waals surface area (Å²) in [5.74, 6) is -0.389. The van der Waals surface area contributed by atoms with E-state index in [1.165, 1.54) is 30.3 Å². The fourth-order valence-corrected chi connectivity index (χ4v) is 3.48. The van der Waals surface area contributed by atoms with Gasteiger partial charge in [-0.3, -0.25) is 14.7 Å². The minimum absolute atomic E-state index is 0.0402. The van der Waals surface area contributed by atoms with Crippen LogP contribution < -0.4 is 0 Å². The van der Waals surface area contributed by atoms with Crippen LogP contribution in [0.15, 0.2) is 63.7 Å². The number of fused-ring (bicyclic) bond motifs is 1. The van der Waals surface area contributed by atoms with Crippen LogP contribution in [0.2, 0.25) is 0 Å². The number of phenols is 1. The van der Waals surface area contributed by atoms with E-state index in [2.05, 4.69) is 10.2 Å². The van der Waals surface area contributed by atoms with Gasteiger partial charge in [-0.2, -0.15) is 8.42 Å². The molecule has 0 atom stereocenters. The molecule has 144 valence electrons. The van der Waals surface area contributed by atoms with Crippen molar-refractivity contribution in [3.05, 3.63) is 64.2 Å².